The predicted molar refractivity (Wildman–Crippen MR) is 104 cm³/mol. The maximum Gasteiger partial charge on any atom is 0.226 e. The molecule has 5 nitrogen and oxygen atoms in total. The first-order valence-electron chi connectivity index (χ1n) is 7.92. The Balaban J connectivity index is 2.06. The van der Waals surface area contributed by atoms with Crippen LogP contribution in [-0.4, -0.2) is 24.1 Å². The highest BCUT2D eigenvalue weighted by atomic mass is 35.5. The molecule has 2 aromatic rings. The third kappa shape index (κ3) is 5.31. The molecule has 2 rings (SSSR count). The highest BCUT2D eigenvalue weighted by molar-refractivity contribution is 6.35. The van der Waals surface area contributed by atoms with Gasteiger partial charge in [-0.25, -0.2) is 0 Å². The number of benzene rings is 2. The van der Waals surface area contributed by atoms with E-state index in [2.05, 4.69) is 5.32 Å². The van der Waals surface area contributed by atoms with Gasteiger partial charge in [-0.1, -0.05) is 35.3 Å². The van der Waals surface area contributed by atoms with Crippen LogP contribution < -0.4 is 10.2 Å². The number of amides is 2. The molecule has 0 bridgehead atoms. The first kappa shape index (κ1) is 19.9. The first-order valence-corrected chi connectivity index (χ1v) is 8.67. The van der Waals surface area contributed by atoms with E-state index < -0.39 is 0 Å². The highest BCUT2D eigenvalue weighted by Gasteiger charge is 2.17. The molecule has 26 heavy (non-hydrogen) atoms. The number of carbonyl (C=O) groups is 3. The van der Waals surface area contributed by atoms with Crippen molar-refractivity contribution in [2.24, 2.45) is 0 Å². The molecule has 1 N–H and O–H groups in total. The number of carbonyl (C=O) groups excluding carboxylic acids is 3. The second-order valence-corrected chi connectivity index (χ2v) is 6.55. The van der Waals surface area contributed by atoms with Crippen LogP contribution in [0.1, 0.15) is 30.6 Å². The Labute approximate surface area is 161 Å². The van der Waals surface area contributed by atoms with Gasteiger partial charge in [0.2, 0.25) is 11.8 Å². The first-order chi connectivity index (χ1) is 12.3. The van der Waals surface area contributed by atoms with Crippen molar-refractivity contribution in [3.8, 4) is 0 Å². The van der Waals surface area contributed by atoms with E-state index in [1.54, 1.807) is 42.5 Å². The zero-order valence-electron chi connectivity index (χ0n) is 14.4. The highest BCUT2D eigenvalue weighted by Crippen LogP contribution is 2.29. The summed E-state index contributed by atoms with van der Waals surface area (Å²) < 4.78 is 0. The van der Waals surface area contributed by atoms with E-state index in [0.29, 0.717) is 27.0 Å². The van der Waals surface area contributed by atoms with Gasteiger partial charge in [-0.3, -0.25) is 14.4 Å². The quantitative estimate of drug-likeness (QED) is 0.731. The summed E-state index contributed by atoms with van der Waals surface area (Å²) in [6, 6.07) is 11.5. The van der Waals surface area contributed by atoms with Gasteiger partial charge >= 0.3 is 0 Å². The van der Waals surface area contributed by atoms with Crippen LogP contribution in [0.25, 0.3) is 0 Å². The van der Waals surface area contributed by atoms with Gasteiger partial charge < -0.3 is 10.2 Å². The van der Waals surface area contributed by atoms with Gasteiger partial charge in [0, 0.05) is 36.2 Å². The summed E-state index contributed by atoms with van der Waals surface area (Å²) in [4.78, 5) is 37.0. The van der Waals surface area contributed by atoms with Crippen molar-refractivity contribution in [3.05, 3.63) is 58.1 Å². The zero-order chi connectivity index (χ0) is 19.3. The molecule has 0 aliphatic rings. The van der Waals surface area contributed by atoms with Crippen LogP contribution in [0.15, 0.2) is 42.5 Å². The third-order valence-electron chi connectivity index (χ3n) is 3.69. The standard InChI is InChI=1S/C19H18Cl2N2O3/c1-12(24)14-4-3-5-16(10-14)22-19(26)8-9-23(13(2)25)18-11-15(20)6-7-17(18)21/h3-7,10-11H,8-9H2,1-2H3,(H,22,26). The van der Waals surface area contributed by atoms with Crippen LogP contribution in [0.5, 0.6) is 0 Å². The molecular formula is C19H18Cl2N2O3. The fourth-order valence-corrected chi connectivity index (χ4v) is 2.78. The van der Waals surface area contributed by atoms with E-state index >= 15 is 0 Å². The maximum atomic E-state index is 12.2. The summed E-state index contributed by atoms with van der Waals surface area (Å²) in [6.07, 6.45) is 0.0622. The van der Waals surface area contributed by atoms with Crippen molar-refractivity contribution < 1.29 is 14.4 Å². The summed E-state index contributed by atoms with van der Waals surface area (Å²) in [5.41, 5.74) is 1.50. The lowest BCUT2D eigenvalue weighted by Crippen LogP contribution is -2.32. The van der Waals surface area contributed by atoms with Gasteiger partial charge in [-0.15, -0.1) is 0 Å². The average Bonchev–Trinajstić information content (AvgIpc) is 2.58. The number of nitrogens with zero attached hydrogens (tertiary/aromatic N) is 1. The minimum absolute atomic E-state index is 0.0622. The van der Waals surface area contributed by atoms with Crippen LogP contribution in [0, 0.1) is 0 Å². The summed E-state index contributed by atoms with van der Waals surface area (Å²) in [5.74, 6) is -0.616. The molecule has 7 heteroatoms. The lowest BCUT2D eigenvalue weighted by molar-refractivity contribution is -0.117. The number of halogens is 2. The van der Waals surface area contributed by atoms with Crippen LogP contribution in [0.4, 0.5) is 11.4 Å². The monoisotopic (exact) mass is 392 g/mol. The Morgan fingerprint density at radius 3 is 2.42 bits per heavy atom. The van der Waals surface area contributed by atoms with E-state index in [9.17, 15) is 14.4 Å². The van der Waals surface area contributed by atoms with Gasteiger partial charge in [0.25, 0.3) is 0 Å². The van der Waals surface area contributed by atoms with Gasteiger partial charge in [-0.05, 0) is 37.3 Å². The third-order valence-corrected chi connectivity index (χ3v) is 4.25. The molecule has 0 fully saturated rings. The van der Waals surface area contributed by atoms with Gasteiger partial charge in [0.15, 0.2) is 5.78 Å². The summed E-state index contributed by atoms with van der Waals surface area (Å²) in [6.45, 7) is 3.00. The minimum atomic E-state index is -0.282. The molecule has 0 atom stereocenters. The molecule has 0 aromatic heterocycles. The molecule has 2 amide bonds. The summed E-state index contributed by atoms with van der Waals surface area (Å²) in [7, 11) is 0. The Hall–Kier alpha value is -2.37. The van der Waals surface area contributed by atoms with Gasteiger partial charge in [0.1, 0.15) is 0 Å². The van der Waals surface area contributed by atoms with E-state index in [4.69, 9.17) is 23.2 Å². The zero-order valence-corrected chi connectivity index (χ0v) is 15.9. The van der Waals surface area contributed by atoms with Crippen molar-refractivity contribution in [3.63, 3.8) is 0 Å². The fourth-order valence-electron chi connectivity index (χ4n) is 2.39. The molecule has 0 heterocycles. The second-order valence-electron chi connectivity index (χ2n) is 5.70. The Bertz CT molecular complexity index is 852. The Morgan fingerprint density at radius 2 is 1.77 bits per heavy atom. The van der Waals surface area contributed by atoms with E-state index in [1.165, 1.54) is 18.7 Å². The molecule has 0 radical (unpaired) electrons. The van der Waals surface area contributed by atoms with Crippen molar-refractivity contribution in [1.29, 1.82) is 0 Å². The van der Waals surface area contributed by atoms with E-state index in [-0.39, 0.29) is 30.6 Å². The van der Waals surface area contributed by atoms with Crippen LogP contribution in [0.2, 0.25) is 10.0 Å². The molecule has 0 saturated heterocycles. The smallest absolute Gasteiger partial charge is 0.226 e. The second kappa shape index (κ2) is 8.83. The van der Waals surface area contributed by atoms with E-state index in [0.717, 1.165) is 0 Å². The topological polar surface area (TPSA) is 66.5 Å². The lowest BCUT2D eigenvalue weighted by atomic mass is 10.1. The number of hydrogen-bond acceptors (Lipinski definition) is 3. The molecule has 0 spiro atoms. The van der Waals surface area contributed by atoms with Crippen molar-refractivity contribution >= 4 is 52.2 Å². The molecule has 136 valence electrons. The predicted octanol–water partition coefficient (Wildman–Crippen LogP) is 4.58. The largest absolute Gasteiger partial charge is 0.326 e. The molecule has 0 unspecified atom stereocenters. The number of nitrogens with one attached hydrogen (secondary N) is 1. The van der Waals surface area contributed by atoms with E-state index in [1.807, 2.05) is 0 Å². The normalized spacial score (nSPS) is 10.3. The van der Waals surface area contributed by atoms with Crippen LogP contribution in [0.3, 0.4) is 0 Å². The maximum absolute atomic E-state index is 12.2. The molecule has 0 aliphatic carbocycles. The SMILES string of the molecule is CC(=O)c1cccc(NC(=O)CCN(C(C)=O)c2cc(Cl)ccc2Cl)c1. The van der Waals surface area contributed by atoms with Crippen LogP contribution in [-0.2, 0) is 9.59 Å². The average molecular weight is 393 g/mol. The number of Topliss-reactive ketones (excluding diaryl/α,β-unsaturated/α-hetero) is 1. The number of anilines is 2. The van der Waals surface area contributed by atoms with Crippen molar-refractivity contribution in [1.82, 2.24) is 0 Å². The molecule has 0 saturated carbocycles. The molecular weight excluding hydrogens is 375 g/mol. The number of hydrogen-bond donors (Lipinski definition) is 1. The number of rotatable bonds is 6. The molecule has 2 aromatic carbocycles. The number of ketones is 1. The Morgan fingerprint density at radius 1 is 1.04 bits per heavy atom. The summed E-state index contributed by atoms with van der Waals surface area (Å²) >= 11 is 12.1. The van der Waals surface area contributed by atoms with Crippen molar-refractivity contribution in [2.75, 3.05) is 16.8 Å². The van der Waals surface area contributed by atoms with Gasteiger partial charge in [0.05, 0.1) is 10.7 Å². The fraction of sp³-hybridized carbons (Fsp3) is 0.211. The Kier molecular flexibility index (Phi) is 6.77. The summed E-state index contributed by atoms with van der Waals surface area (Å²) in [5, 5.41) is 3.54. The van der Waals surface area contributed by atoms with Crippen LogP contribution >= 0.6 is 23.2 Å². The lowest BCUT2D eigenvalue weighted by Gasteiger charge is -2.22. The molecule has 0 aliphatic heterocycles. The minimum Gasteiger partial charge on any atom is -0.326 e. The van der Waals surface area contributed by atoms with Crippen molar-refractivity contribution in [2.45, 2.75) is 20.3 Å². The van der Waals surface area contributed by atoms with Gasteiger partial charge in [-0.2, -0.15) is 0 Å².